The van der Waals surface area contributed by atoms with Gasteiger partial charge in [0.2, 0.25) is 5.91 Å². The van der Waals surface area contributed by atoms with Crippen molar-refractivity contribution in [1.82, 2.24) is 10.2 Å². The van der Waals surface area contributed by atoms with Crippen molar-refractivity contribution >= 4 is 16.7 Å². The van der Waals surface area contributed by atoms with Crippen LogP contribution in [0.3, 0.4) is 0 Å². The maximum Gasteiger partial charge on any atom is 0.225 e. The minimum atomic E-state index is 0.347. The summed E-state index contributed by atoms with van der Waals surface area (Å²) in [4.78, 5) is 14.3. The van der Waals surface area contributed by atoms with Gasteiger partial charge >= 0.3 is 0 Å². The zero-order valence-electron chi connectivity index (χ0n) is 14.4. The molecule has 1 saturated carbocycles. The third-order valence-corrected chi connectivity index (χ3v) is 5.53. The fourth-order valence-electron chi connectivity index (χ4n) is 3.84. The van der Waals surface area contributed by atoms with Crippen LogP contribution in [-0.4, -0.2) is 29.9 Å². The molecular formula is C21H26N2O. The predicted octanol–water partition coefficient (Wildman–Crippen LogP) is 3.58. The van der Waals surface area contributed by atoms with Crippen molar-refractivity contribution in [2.24, 2.45) is 11.8 Å². The van der Waals surface area contributed by atoms with Gasteiger partial charge in [0.25, 0.3) is 0 Å². The van der Waals surface area contributed by atoms with Crippen LogP contribution in [0, 0.1) is 11.8 Å². The standard InChI is InChI=1S/C21H26N2O/c1-15-14-23(21(24)18-8-9-18)11-10-20(15)22-13-16-6-7-17-4-2-3-5-19(17)12-16/h2-7,12,15,18,20,22H,8-11,13-14H2,1H3. The number of amides is 1. The van der Waals surface area contributed by atoms with Gasteiger partial charge in [-0.2, -0.15) is 0 Å². The quantitative estimate of drug-likeness (QED) is 0.933. The third kappa shape index (κ3) is 3.32. The average molecular weight is 322 g/mol. The molecule has 2 aromatic rings. The van der Waals surface area contributed by atoms with E-state index in [9.17, 15) is 4.79 Å². The Bertz CT molecular complexity index is 737. The van der Waals surface area contributed by atoms with E-state index in [0.717, 1.165) is 38.9 Å². The summed E-state index contributed by atoms with van der Waals surface area (Å²) in [6, 6.07) is 15.7. The van der Waals surface area contributed by atoms with Crippen molar-refractivity contribution in [3.63, 3.8) is 0 Å². The van der Waals surface area contributed by atoms with E-state index in [-0.39, 0.29) is 0 Å². The molecule has 126 valence electrons. The summed E-state index contributed by atoms with van der Waals surface area (Å²) in [6.45, 7) is 4.99. The number of likely N-dealkylation sites (tertiary alicyclic amines) is 1. The van der Waals surface area contributed by atoms with Crippen molar-refractivity contribution in [3.05, 3.63) is 48.0 Å². The van der Waals surface area contributed by atoms with Gasteiger partial charge in [-0.25, -0.2) is 0 Å². The minimum absolute atomic E-state index is 0.347. The Labute approximate surface area is 144 Å². The van der Waals surface area contributed by atoms with Crippen LogP contribution in [-0.2, 0) is 11.3 Å². The molecule has 1 amide bonds. The van der Waals surface area contributed by atoms with E-state index < -0.39 is 0 Å². The molecule has 1 aliphatic heterocycles. The summed E-state index contributed by atoms with van der Waals surface area (Å²) in [5.74, 6) is 1.26. The van der Waals surface area contributed by atoms with Gasteiger partial charge in [0.1, 0.15) is 0 Å². The van der Waals surface area contributed by atoms with Crippen molar-refractivity contribution < 1.29 is 4.79 Å². The lowest BCUT2D eigenvalue weighted by Gasteiger charge is -2.37. The average Bonchev–Trinajstić information content (AvgIpc) is 3.45. The van der Waals surface area contributed by atoms with Crippen LogP contribution in [0.2, 0.25) is 0 Å². The highest BCUT2D eigenvalue weighted by Gasteiger charge is 2.36. The fraction of sp³-hybridized carbons (Fsp3) is 0.476. The fourth-order valence-corrected chi connectivity index (χ4v) is 3.84. The van der Waals surface area contributed by atoms with Crippen molar-refractivity contribution in [1.29, 1.82) is 0 Å². The predicted molar refractivity (Wildman–Crippen MR) is 97.7 cm³/mol. The first kappa shape index (κ1) is 15.6. The van der Waals surface area contributed by atoms with E-state index in [0.29, 0.717) is 23.8 Å². The number of hydrogen-bond donors (Lipinski definition) is 1. The van der Waals surface area contributed by atoms with Crippen molar-refractivity contribution in [2.45, 2.75) is 38.8 Å². The number of nitrogens with zero attached hydrogens (tertiary/aromatic N) is 1. The normalized spacial score (nSPS) is 24.3. The molecule has 3 heteroatoms. The van der Waals surface area contributed by atoms with Gasteiger partial charge in [-0.15, -0.1) is 0 Å². The number of piperidine rings is 1. The van der Waals surface area contributed by atoms with E-state index in [1.165, 1.54) is 16.3 Å². The van der Waals surface area contributed by atoms with Crippen LogP contribution in [0.25, 0.3) is 10.8 Å². The molecule has 1 N–H and O–H groups in total. The molecule has 0 bridgehead atoms. The highest BCUT2D eigenvalue weighted by molar-refractivity contribution is 5.83. The molecule has 3 nitrogen and oxygen atoms in total. The second-order valence-corrected chi connectivity index (χ2v) is 7.49. The Morgan fingerprint density at radius 1 is 1.12 bits per heavy atom. The number of rotatable bonds is 4. The van der Waals surface area contributed by atoms with Crippen molar-refractivity contribution in [3.8, 4) is 0 Å². The van der Waals surface area contributed by atoms with Gasteiger partial charge in [0.15, 0.2) is 0 Å². The van der Waals surface area contributed by atoms with Crippen LogP contribution in [0.5, 0.6) is 0 Å². The summed E-state index contributed by atoms with van der Waals surface area (Å²) in [5, 5.41) is 6.31. The lowest BCUT2D eigenvalue weighted by molar-refractivity contribution is -0.134. The molecule has 0 spiro atoms. The largest absolute Gasteiger partial charge is 0.342 e. The highest BCUT2D eigenvalue weighted by Crippen LogP contribution is 2.32. The third-order valence-electron chi connectivity index (χ3n) is 5.53. The molecule has 2 aromatic carbocycles. The topological polar surface area (TPSA) is 32.3 Å². The Morgan fingerprint density at radius 3 is 2.67 bits per heavy atom. The summed E-state index contributed by atoms with van der Waals surface area (Å²) < 4.78 is 0. The minimum Gasteiger partial charge on any atom is -0.342 e. The molecule has 2 aliphatic rings. The van der Waals surface area contributed by atoms with Crippen LogP contribution in [0.15, 0.2) is 42.5 Å². The van der Waals surface area contributed by atoms with Gasteiger partial charge in [-0.05, 0) is 47.6 Å². The van der Waals surface area contributed by atoms with Gasteiger partial charge in [0, 0.05) is 31.6 Å². The lowest BCUT2D eigenvalue weighted by Crippen LogP contribution is -2.50. The van der Waals surface area contributed by atoms with E-state index in [1.807, 2.05) is 0 Å². The summed E-state index contributed by atoms with van der Waals surface area (Å²) in [6.07, 6.45) is 3.27. The first-order valence-corrected chi connectivity index (χ1v) is 9.20. The van der Waals surface area contributed by atoms with Gasteiger partial charge in [-0.1, -0.05) is 43.3 Å². The van der Waals surface area contributed by atoms with E-state index >= 15 is 0 Å². The molecule has 2 atom stereocenters. The second kappa shape index (κ2) is 6.56. The molecule has 1 saturated heterocycles. The number of hydrogen-bond acceptors (Lipinski definition) is 2. The van der Waals surface area contributed by atoms with Crippen LogP contribution in [0.1, 0.15) is 31.7 Å². The maximum absolute atomic E-state index is 12.2. The SMILES string of the molecule is CC1CN(C(=O)C2CC2)CCC1NCc1ccc2ccccc2c1. The highest BCUT2D eigenvalue weighted by atomic mass is 16.2. The van der Waals surface area contributed by atoms with E-state index in [4.69, 9.17) is 0 Å². The Kier molecular flexibility index (Phi) is 4.28. The molecule has 4 rings (SSSR count). The Balaban J connectivity index is 1.34. The smallest absolute Gasteiger partial charge is 0.225 e. The Hall–Kier alpha value is -1.87. The lowest BCUT2D eigenvalue weighted by atomic mass is 9.93. The number of nitrogens with one attached hydrogen (secondary N) is 1. The monoisotopic (exact) mass is 322 g/mol. The second-order valence-electron chi connectivity index (χ2n) is 7.49. The van der Waals surface area contributed by atoms with Gasteiger partial charge < -0.3 is 10.2 Å². The first-order valence-electron chi connectivity index (χ1n) is 9.20. The maximum atomic E-state index is 12.2. The van der Waals surface area contributed by atoms with Gasteiger partial charge in [0.05, 0.1) is 0 Å². The first-order chi connectivity index (χ1) is 11.7. The van der Waals surface area contributed by atoms with Crippen LogP contribution >= 0.6 is 0 Å². The van der Waals surface area contributed by atoms with Crippen LogP contribution in [0.4, 0.5) is 0 Å². The molecule has 0 radical (unpaired) electrons. The molecular weight excluding hydrogens is 296 g/mol. The summed E-state index contributed by atoms with van der Waals surface area (Å²) in [7, 11) is 0. The zero-order chi connectivity index (χ0) is 16.5. The number of carbonyl (C=O) groups is 1. The molecule has 24 heavy (non-hydrogen) atoms. The molecule has 0 aromatic heterocycles. The molecule has 2 fully saturated rings. The Morgan fingerprint density at radius 2 is 1.92 bits per heavy atom. The van der Waals surface area contributed by atoms with Gasteiger partial charge in [-0.3, -0.25) is 4.79 Å². The van der Waals surface area contributed by atoms with Crippen LogP contribution < -0.4 is 5.32 Å². The number of carbonyl (C=O) groups excluding carboxylic acids is 1. The van der Waals surface area contributed by atoms with E-state index in [1.54, 1.807) is 0 Å². The molecule has 1 aliphatic carbocycles. The number of benzene rings is 2. The summed E-state index contributed by atoms with van der Waals surface area (Å²) in [5.41, 5.74) is 1.33. The summed E-state index contributed by atoms with van der Waals surface area (Å²) >= 11 is 0. The molecule has 1 heterocycles. The van der Waals surface area contributed by atoms with Crippen molar-refractivity contribution in [2.75, 3.05) is 13.1 Å². The molecule has 2 unspecified atom stereocenters. The van der Waals surface area contributed by atoms with E-state index in [2.05, 4.69) is 59.6 Å². The zero-order valence-corrected chi connectivity index (χ0v) is 14.4. The number of fused-ring (bicyclic) bond motifs is 1.